The highest BCUT2D eigenvalue weighted by Crippen LogP contribution is 2.30. The minimum absolute atomic E-state index is 0.477. The van der Waals surface area contributed by atoms with Gasteiger partial charge in [0.25, 0.3) is 0 Å². The Balaban J connectivity index is 2.10. The topological polar surface area (TPSA) is 81.7 Å². The fourth-order valence-electron chi connectivity index (χ4n) is 2.71. The number of nitrogens with zero attached hydrogens (tertiary/aromatic N) is 1. The summed E-state index contributed by atoms with van der Waals surface area (Å²) in [4.78, 5) is 25.5. The van der Waals surface area contributed by atoms with Gasteiger partial charge in [-0.2, -0.15) is 0 Å². The lowest BCUT2D eigenvalue weighted by Gasteiger charge is -2.26. The maximum atomic E-state index is 12.1. The molecule has 1 aliphatic carbocycles. The molecule has 21 heavy (non-hydrogen) atoms. The largest absolute Gasteiger partial charge is 0.480 e. The van der Waals surface area contributed by atoms with Crippen LogP contribution in [0.25, 0.3) is 0 Å². The van der Waals surface area contributed by atoms with Gasteiger partial charge in [0, 0.05) is 14.1 Å². The van der Waals surface area contributed by atoms with Crippen LogP contribution in [0, 0.1) is 0 Å². The Bertz CT molecular complexity index is 537. The molecule has 0 bridgehead atoms. The lowest BCUT2D eigenvalue weighted by molar-refractivity contribution is -0.144. The van der Waals surface area contributed by atoms with Gasteiger partial charge in [-0.25, -0.2) is 9.59 Å². The van der Waals surface area contributed by atoms with Crippen molar-refractivity contribution in [3.8, 4) is 0 Å². The number of carboxylic acid groups (broad SMARTS) is 1. The number of urea groups is 1. The van der Waals surface area contributed by atoms with Crippen molar-refractivity contribution in [3.63, 3.8) is 0 Å². The first-order chi connectivity index (χ1) is 9.94. The average Bonchev–Trinajstić information content (AvgIpc) is 2.88. The Morgan fingerprint density at radius 1 is 1.19 bits per heavy atom. The van der Waals surface area contributed by atoms with Crippen LogP contribution in [-0.4, -0.2) is 36.7 Å². The van der Waals surface area contributed by atoms with Crippen molar-refractivity contribution in [2.45, 2.75) is 31.2 Å². The lowest BCUT2D eigenvalue weighted by Crippen LogP contribution is -2.53. The average molecular weight is 291 g/mol. The summed E-state index contributed by atoms with van der Waals surface area (Å²) in [5.41, 5.74) is 0.388. The van der Waals surface area contributed by atoms with E-state index in [1.54, 1.807) is 6.07 Å². The molecule has 0 unspecified atom stereocenters. The standard InChI is InChI=1S/C15H21N3O3/c1-18(2)12-8-4-3-7-11(12)16-14(21)17-15(13(19)20)9-5-6-10-15/h3-4,7-8H,5-6,9-10H2,1-2H3,(H,19,20)(H2,16,17,21). The summed E-state index contributed by atoms with van der Waals surface area (Å²) in [5, 5.41) is 14.8. The predicted octanol–water partition coefficient (Wildman–Crippen LogP) is 2.27. The van der Waals surface area contributed by atoms with Gasteiger partial charge in [-0.05, 0) is 25.0 Å². The highest BCUT2D eigenvalue weighted by molar-refractivity contribution is 5.96. The molecule has 2 amide bonds. The Kier molecular flexibility index (Phi) is 4.35. The number of rotatable bonds is 4. The number of nitrogens with one attached hydrogen (secondary N) is 2. The van der Waals surface area contributed by atoms with E-state index in [0.717, 1.165) is 18.5 Å². The number of amides is 2. The van der Waals surface area contributed by atoms with Crippen LogP contribution < -0.4 is 15.5 Å². The molecule has 0 heterocycles. The second-order valence-electron chi connectivity index (χ2n) is 5.59. The molecule has 0 aliphatic heterocycles. The van der Waals surface area contributed by atoms with Crippen LogP contribution in [0.2, 0.25) is 0 Å². The second-order valence-corrected chi connectivity index (χ2v) is 5.59. The zero-order valence-electron chi connectivity index (χ0n) is 12.3. The Labute approximate surface area is 124 Å². The number of anilines is 2. The molecule has 0 spiro atoms. The number of benzene rings is 1. The Hall–Kier alpha value is -2.24. The summed E-state index contributed by atoms with van der Waals surface area (Å²) < 4.78 is 0. The van der Waals surface area contributed by atoms with Gasteiger partial charge in [-0.3, -0.25) is 0 Å². The van der Waals surface area contributed by atoms with Crippen molar-refractivity contribution in [2.75, 3.05) is 24.3 Å². The normalized spacial score (nSPS) is 16.3. The van der Waals surface area contributed by atoms with Gasteiger partial charge in [0.15, 0.2) is 0 Å². The number of hydrogen-bond donors (Lipinski definition) is 3. The molecule has 1 aromatic carbocycles. The molecule has 3 N–H and O–H groups in total. The minimum atomic E-state index is -1.13. The molecule has 1 saturated carbocycles. The van der Waals surface area contributed by atoms with Crippen molar-refractivity contribution in [2.24, 2.45) is 0 Å². The molecule has 1 aliphatic rings. The molecular formula is C15H21N3O3. The van der Waals surface area contributed by atoms with E-state index in [1.165, 1.54) is 0 Å². The van der Waals surface area contributed by atoms with E-state index in [4.69, 9.17) is 0 Å². The smallest absolute Gasteiger partial charge is 0.329 e. The highest BCUT2D eigenvalue weighted by Gasteiger charge is 2.42. The van der Waals surface area contributed by atoms with E-state index >= 15 is 0 Å². The zero-order chi connectivity index (χ0) is 15.5. The van der Waals surface area contributed by atoms with E-state index in [1.807, 2.05) is 37.2 Å². The number of hydrogen-bond acceptors (Lipinski definition) is 3. The van der Waals surface area contributed by atoms with E-state index in [0.29, 0.717) is 18.5 Å². The summed E-state index contributed by atoms with van der Waals surface area (Å²) in [6, 6.07) is 6.91. The maximum Gasteiger partial charge on any atom is 0.329 e. The van der Waals surface area contributed by atoms with Crippen LogP contribution in [0.5, 0.6) is 0 Å². The number of aliphatic carboxylic acids is 1. The summed E-state index contributed by atoms with van der Waals surface area (Å²) in [5.74, 6) is -0.962. The van der Waals surface area contributed by atoms with Crippen molar-refractivity contribution in [1.29, 1.82) is 0 Å². The molecule has 0 atom stereocenters. The van der Waals surface area contributed by atoms with Gasteiger partial charge >= 0.3 is 12.0 Å². The van der Waals surface area contributed by atoms with Gasteiger partial charge in [-0.15, -0.1) is 0 Å². The van der Waals surface area contributed by atoms with Crippen LogP contribution in [0.4, 0.5) is 16.2 Å². The summed E-state index contributed by atoms with van der Waals surface area (Å²) >= 11 is 0. The number of carbonyl (C=O) groups is 2. The molecule has 6 heteroatoms. The number of carbonyl (C=O) groups excluding carboxylic acids is 1. The van der Waals surface area contributed by atoms with E-state index in [2.05, 4.69) is 10.6 Å². The van der Waals surface area contributed by atoms with Gasteiger partial charge in [0.05, 0.1) is 11.4 Å². The van der Waals surface area contributed by atoms with E-state index < -0.39 is 17.5 Å². The molecule has 6 nitrogen and oxygen atoms in total. The quantitative estimate of drug-likeness (QED) is 0.795. The first-order valence-electron chi connectivity index (χ1n) is 7.03. The highest BCUT2D eigenvalue weighted by atomic mass is 16.4. The molecule has 0 saturated heterocycles. The number of para-hydroxylation sites is 2. The third-order valence-electron chi connectivity index (χ3n) is 3.85. The summed E-state index contributed by atoms with van der Waals surface area (Å²) in [7, 11) is 3.77. The van der Waals surface area contributed by atoms with Gasteiger partial charge in [-0.1, -0.05) is 25.0 Å². The van der Waals surface area contributed by atoms with Crippen LogP contribution in [0.1, 0.15) is 25.7 Å². The van der Waals surface area contributed by atoms with Crippen LogP contribution in [-0.2, 0) is 4.79 Å². The van der Waals surface area contributed by atoms with Crippen molar-refractivity contribution in [3.05, 3.63) is 24.3 Å². The fraction of sp³-hybridized carbons (Fsp3) is 0.467. The van der Waals surface area contributed by atoms with Crippen molar-refractivity contribution in [1.82, 2.24) is 5.32 Å². The molecular weight excluding hydrogens is 270 g/mol. The molecule has 114 valence electrons. The van der Waals surface area contributed by atoms with E-state index in [-0.39, 0.29) is 0 Å². The molecule has 1 aromatic rings. The predicted molar refractivity (Wildman–Crippen MR) is 81.8 cm³/mol. The monoisotopic (exact) mass is 291 g/mol. The molecule has 0 radical (unpaired) electrons. The second kappa shape index (κ2) is 6.03. The lowest BCUT2D eigenvalue weighted by atomic mass is 9.98. The minimum Gasteiger partial charge on any atom is -0.480 e. The van der Waals surface area contributed by atoms with Crippen molar-refractivity contribution < 1.29 is 14.7 Å². The summed E-state index contributed by atoms with van der Waals surface area (Å²) in [6.07, 6.45) is 2.60. The number of carboxylic acids is 1. The molecule has 0 aromatic heterocycles. The van der Waals surface area contributed by atoms with Crippen molar-refractivity contribution >= 4 is 23.4 Å². The fourth-order valence-corrected chi connectivity index (χ4v) is 2.71. The van der Waals surface area contributed by atoms with Crippen LogP contribution in [0.3, 0.4) is 0 Å². The zero-order valence-corrected chi connectivity index (χ0v) is 12.3. The third kappa shape index (κ3) is 3.26. The first-order valence-corrected chi connectivity index (χ1v) is 7.03. The van der Waals surface area contributed by atoms with E-state index in [9.17, 15) is 14.7 Å². The summed E-state index contributed by atoms with van der Waals surface area (Å²) in [6.45, 7) is 0. The van der Waals surface area contributed by atoms with Crippen LogP contribution >= 0.6 is 0 Å². The van der Waals surface area contributed by atoms with Gasteiger partial charge < -0.3 is 20.6 Å². The van der Waals surface area contributed by atoms with Crippen LogP contribution in [0.15, 0.2) is 24.3 Å². The third-order valence-corrected chi connectivity index (χ3v) is 3.85. The van der Waals surface area contributed by atoms with Gasteiger partial charge in [0.1, 0.15) is 5.54 Å². The Morgan fingerprint density at radius 2 is 1.81 bits per heavy atom. The molecule has 1 fully saturated rings. The van der Waals surface area contributed by atoms with Gasteiger partial charge in [0.2, 0.25) is 0 Å². The SMILES string of the molecule is CN(C)c1ccccc1NC(=O)NC1(C(=O)O)CCCC1. The maximum absolute atomic E-state index is 12.1. The Morgan fingerprint density at radius 3 is 2.38 bits per heavy atom. The molecule has 2 rings (SSSR count). The first kappa shape index (κ1) is 15.2.